The lowest BCUT2D eigenvalue weighted by Crippen LogP contribution is -2.42. The highest BCUT2D eigenvalue weighted by Crippen LogP contribution is 2.34. The third kappa shape index (κ3) is 2.17. The average molecular weight is 157 g/mol. The number of aliphatic hydroxyl groups excluding tert-OH is 1. The third-order valence-corrected chi connectivity index (χ3v) is 2.92. The number of nitrogens with one attached hydrogen (secondary N) is 1. The molecule has 1 rings (SSSR count). The maximum absolute atomic E-state index is 8.82. The topological polar surface area (TPSA) is 32.3 Å². The SMILES string of the molecule is CC1(C)CCNCC1CCO. The second kappa shape index (κ2) is 3.55. The van der Waals surface area contributed by atoms with Gasteiger partial charge in [-0.1, -0.05) is 13.8 Å². The van der Waals surface area contributed by atoms with Gasteiger partial charge in [-0.3, -0.25) is 0 Å². The van der Waals surface area contributed by atoms with Crippen LogP contribution in [0.1, 0.15) is 26.7 Å². The zero-order valence-electron chi connectivity index (χ0n) is 7.56. The minimum Gasteiger partial charge on any atom is -0.396 e. The van der Waals surface area contributed by atoms with Crippen LogP contribution in [0.15, 0.2) is 0 Å². The molecule has 1 fully saturated rings. The molecular weight excluding hydrogens is 138 g/mol. The molecule has 11 heavy (non-hydrogen) atoms. The molecule has 0 aromatic rings. The maximum atomic E-state index is 8.82. The first-order valence-corrected chi connectivity index (χ1v) is 4.48. The van der Waals surface area contributed by atoms with Crippen LogP contribution < -0.4 is 5.32 Å². The summed E-state index contributed by atoms with van der Waals surface area (Å²) < 4.78 is 0. The lowest BCUT2D eigenvalue weighted by molar-refractivity contribution is 0.119. The quantitative estimate of drug-likeness (QED) is 0.627. The van der Waals surface area contributed by atoms with Gasteiger partial charge in [-0.15, -0.1) is 0 Å². The van der Waals surface area contributed by atoms with Crippen LogP contribution in [0.4, 0.5) is 0 Å². The van der Waals surface area contributed by atoms with Crippen LogP contribution in [0.25, 0.3) is 0 Å². The van der Waals surface area contributed by atoms with E-state index in [0.717, 1.165) is 19.5 Å². The van der Waals surface area contributed by atoms with Gasteiger partial charge >= 0.3 is 0 Å². The Hall–Kier alpha value is -0.0800. The summed E-state index contributed by atoms with van der Waals surface area (Å²) in [5, 5.41) is 12.2. The molecule has 1 atom stereocenters. The summed E-state index contributed by atoms with van der Waals surface area (Å²) in [5.74, 6) is 0.654. The van der Waals surface area contributed by atoms with Crippen molar-refractivity contribution in [1.29, 1.82) is 0 Å². The van der Waals surface area contributed by atoms with Gasteiger partial charge in [-0.05, 0) is 37.3 Å². The van der Waals surface area contributed by atoms with E-state index >= 15 is 0 Å². The van der Waals surface area contributed by atoms with Gasteiger partial charge in [-0.25, -0.2) is 0 Å². The molecule has 2 nitrogen and oxygen atoms in total. The van der Waals surface area contributed by atoms with E-state index in [9.17, 15) is 0 Å². The van der Waals surface area contributed by atoms with E-state index < -0.39 is 0 Å². The van der Waals surface area contributed by atoms with E-state index in [0.29, 0.717) is 17.9 Å². The third-order valence-electron chi connectivity index (χ3n) is 2.92. The minimum absolute atomic E-state index is 0.329. The Morgan fingerprint density at radius 2 is 2.27 bits per heavy atom. The molecule has 0 saturated carbocycles. The molecule has 1 aliphatic rings. The molecule has 1 heterocycles. The number of rotatable bonds is 2. The highest BCUT2D eigenvalue weighted by Gasteiger charge is 2.31. The summed E-state index contributed by atoms with van der Waals surface area (Å²) in [6.07, 6.45) is 2.18. The smallest absolute Gasteiger partial charge is 0.0434 e. The highest BCUT2D eigenvalue weighted by molar-refractivity contribution is 4.84. The van der Waals surface area contributed by atoms with E-state index in [1.165, 1.54) is 6.42 Å². The molecule has 2 N–H and O–H groups in total. The molecule has 0 radical (unpaired) electrons. The zero-order chi connectivity index (χ0) is 8.32. The summed E-state index contributed by atoms with van der Waals surface area (Å²) in [4.78, 5) is 0. The van der Waals surface area contributed by atoms with Gasteiger partial charge in [0.1, 0.15) is 0 Å². The van der Waals surface area contributed by atoms with Crippen molar-refractivity contribution in [2.45, 2.75) is 26.7 Å². The lowest BCUT2D eigenvalue weighted by atomic mass is 9.72. The van der Waals surface area contributed by atoms with Crippen molar-refractivity contribution < 1.29 is 5.11 Å². The number of aliphatic hydroxyl groups is 1. The zero-order valence-corrected chi connectivity index (χ0v) is 7.56. The molecule has 0 spiro atoms. The minimum atomic E-state index is 0.329. The Labute approximate surface area is 69.0 Å². The standard InChI is InChI=1S/C9H19NO/c1-9(2)4-5-10-7-8(9)3-6-11/h8,10-11H,3-7H2,1-2H3. The van der Waals surface area contributed by atoms with Gasteiger partial charge in [0, 0.05) is 6.61 Å². The Bertz CT molecular complexity index is 121. The monoisotopic (exact) mass is 157 g/mol. The number of piperidine rings is 1. The van der Waals surface area contributed by atoms with Gasteiger partial charge < -0.3 is 10.4 Å². The second-order valence-corrected chi connectivity index (χ2v) is 4.15. The molecule has 0 aromatic carbocycles. The van der Waals surface area contributed by atoms with Crippen molar-refractivity contribution >= 4 is 0 Å². The predicted octanol–water partition coefficient (Wildman–Crippen LogP) is 1.00. The Morgan fingerprint density at radius 1 is 1.55 bits per heavy atom. The van der Waals surface area contributed by atoms with E-state index in [2.05, 4.69) is 19.2 Å². The average Bonchev–Trinajstić information content (AvgIpc) is 1.94. The number of hydrogen-bond acceptors (Lipinski definition) is 2. The molecule has 0 amide bonds. The Morgan fingerprint density at radius 3 is 2.82 bits per heavy atom. The maximum Gasteiger partial charge on any atom is 0.0434 e. The molecule has 1 saturated heterocycles. The van der Waals surface area contributed by atoms with Crippen molar-refractivity contribution in [2.75, 3.05) is 19.7 Å². The molecule has 0 aliphatic carbocycles. The van der Waals surface area contributed by atoms with Crippen molar-refractivity contribution in [3.8, 4) is 0 Å². The van der Waals surface area contributed by atoms with Gasteiger partial charge in [0.25, 0.3) is 0 Å². The van der Waals surface area contributed by atoms with Crippen molar-refractivity contribution in [2.24, 2.45) is 11.3 Å². The Kier molecular flexibility index (Phi) is 2.90. The van der Waals surface area contributed by atoms with Crippen LogP contribution in [0.5, 0.6) is 0 Å². The molecule has 66 valence electrons. The fourth-order valence-corrected chi connectivity index (χ4v) is 1.82. The highest BCUT2D eigenvalue weighted by atomic mass is 16.3. The van der Waals surface area contributed by atoms with Gasteiger partial charge in [0.15, 0.2) is 0 Å². The van der Waals surface area contributed by atoms with E-state index in [-0.39, 0.29) is 0 Å². The van der Waals surface area contributed by atoms with Crippen LogP contribution >= 0.6 is 0 Å². The second-order valence-electron chi connectivity index (χ2n) is 4.15. The van der Waals surface area contributed by atoms with Crippen LogP contribution in [0.3, 0.4) is 0 Å². The molecule has 1 unspecified atom stereocenters. The molecule has 1 aliphatic heterocycles. The number of hydrogen-bond donors (Lipinski definition) is 2. The fraction of sp³-hybridized carbons (Fsp3) is 1.00. The predicted molar refractivity (Wildman–Crippen MR) is 46.5 cm³/mol. The molecule has 0 aromatic heterocycles. The largest absolute Gasteiger partial charge is 0.396 e. The van der Waals surface area contributed by atoms with Crippen LogP contribution in [-0.2, 0) is 0 Å². The van der Waals surface area contributed by atoms with Gasteiger partial charge in [-0.2, -0.15) is 0 Å². The van der Waals surface area contributed by atoms with Crippen LogP contribution in [0, 0.1) is 11.3 Å². The first-order chi connectivity index (χ1) is 5.17. The van der Waals surface area contributed by atoms with Gasteiger partial charge in [0.05, 0.1) is 0 Å². The Balaban J connectivity index is 2.45. The normalized spacial score (nSPS) is 30.3. The summed E-state index contributed by atoms with van der Waals surface area (Å²) in [6, 6.07) is 0. The van der Waals surface area contributed by atoms with E-state index in [1.54, 1.807) is 0 Å². The summed E-state index contributed by atoms with van der Waals surface area (Å²) in [6.45, 7) is 7.14. The van der Waals surface area contributed by atoms with E-state index in [1.807, 2.05) is 0 Å². The van der Waals surface area contributed by atoms with Crippen molar-refractivity contribution in [1.82, 2.24) is 5.32 Å². The van der Waals surface area contributed by atoms with Crippen molar-refractivity contribution in [3.05, 3.63) is 0 Å². The first kappa shape index (κ1) is 9.01. The lowest BCUT2D eigenvalue weighted by Gasteiger charge is -2.38. The molecular formula is C9H19NO. The van der Waals surface area contributed by atoms with Crippen LogP contribution in [0.2, 0.25) is 0 Å². The summed E-state index contributed by atoms with van der Waals surface area (Å²) in [5.41, 5.74) is 0.425. The van der Waals surface area contributed by atoms with Crippen LogP contribution in [-0.4, -0.2) is 24.8 Å². The van der Waals surface area contributed by atoms with E-state index in [4.69, 9.17) is 5.11 Å². The molecule has 2 heteroatoms. The molecule has 0 bridgehead atoms. The van der Waals surface area contributed by atoms with Gasteiger partial charge in [0.2, 0.25) is 0 Å². The fourth-order valence-electron chi connectivity index (χ4n) is 1.82. The van der Waals surface area contributed by atoms with Crippen molar-refractivity contribution in [3.63, 3.8) is 0 Å². The summed E-state index contributed by atoms with van der Waals surface area (Å²) in [7, 11) is 0. The first-order valence-electron chi connectivity index (χ1n) is 4.48. The summed E-state index contributed by atoms with van der Waals surface area (Å²) >= 11 is 0.